The van der Waals surface area contributed by atoms with Gasteiger partial charge in [-0.15, -0.1) is 0 Å². The van der Waals surface area contributed by atoms with E-state index in [1.807, 2.05) is 0 Å². The first kappa shape index (κ1) is 10.9. The fourth-order valence-corrected chi connectivity index (χ4v) is 1.16. The van der Waals surface area contributed by atoms with Crippen LogP contribution in [-0.2, 0) is 9.53 Å². The van der Waals surface area contributed by atoms with Gasteiger partial charge in [0.25, 0.3) is 0 Å². The maximum atomic E-state index is 12.8. The van der Waals surface area contributed by atoms with Gasteiger partial charge in [-0.1, -0.05) is 17.7 Å². The molecule has 0 spiro atoms. The number of methoxy groups -OCH3 is 1. The summed E-state index contributed by atoms with van der Waals surface area (Å²) in [5.41, 5.74) is 5.93. The van der Waals surface area contributed by atoms with E-state index in [-0.39, 0.29) is 5.02 Å². The Kier molecular flexibility index (Phi) is 3.43. The van der Waals surface area contributed by atoms with Crippen molar-refractivity contribution in [3.63, 3.8) is 0 Å². The van der Waals surface area contributed by atoms with Crippen molar-refractivity contribution in [2.75, 3.05) is 7.11 Å². The molecule has 0 radical (unpaired) electrons. The predicted octanol–water partition coefficient (Wildman–Crippen LogP) is 1.65. The SMILES string of the molecule is COC(=O)C(N)c1ccc(F)c(Cl)c1. The number of nitrogens with two attached hydrogens (primary N) is 1. The Labute approximate surface area is 85.6 Å². The van der Waals surface area contributed by atoms with Crippen molar-refractivity contribution in [1.29, 1.82) is 0 Å². The fourth-order valence-electron chi connectivity index (χ4n) is 0.969. The van der Waals surface area contributed by atoms with Crippen molar-refractivity contribution in [3.05, 3.63) is 34.6 Å². The van der Waals surface area contributed by atoms with E-state index in [2.05, 4.69) is 4.74 Å². The molecule has 0 heterocycles. The van der Waals surface area contributed by atoms with Gasteiger partial charge in [0, 0.05) is 0 Å². The lowest BCUT2D eigenvalue weighted by Crippen LogP contribution is -2.22. The summed E-state index contributed by atoms with van der Waals surface area (Å²) in [6, 6.07) is 2.92. The van der Waals surface area contributed by atoms with Crippen LogP contribution in [0.25, 0.3) is 0 Å². The summed E-state index contributed by atoms with van der Waals surface area (Å²) in [5.74, 6) is -1.14. The monoisotopic (exact) mass is 217 g/mol. The molecule has 1 aromatic rings. The number of carbonyl (C=O) groups is 1. The van der Waals surface area contributed by atoms with Crippen molar-refractivity contribution in [2.24, 2.45) is 5.73 Å². The van der Waals surface area contributed by atoms with Crippen LogP contribution in [0.4, 0.5) is 4.39 Å². The molecule has 14 heavy (non-hydrogen) atoms. The maximum absolute atomic E-state index is 12.8. The van der Waals surface area contributed by atoms with E-state index in [1.165, 1.54) is 19.2 Å². The highest BCUT2D eigenvalue weighted by molar-refractivity contribution is 6.30. The van der Waals surface area contributed by atoms with Crippen LogP contribution in [0, 0.1) is 5.82 Å². The van der Waals surface area contributed by atoms with E-state index < -0.39 is 17.8 Å². The van der Waals surface area contributed by atoms with Crippen molar-refractivity contribution < 1.29 is 13.9 Å². The minimum absolute atomic E-state index is 0.0677. The highest BCUT2D eigenvalue weighted by Gasteiger charge is 2.16. The molecule has 0 aliphatic heterocycles. The van der Waals surface area contributed by atoms with Crippen molar-refractivity contribution in [2.45, 2.75) is 6.04 Å². The van der Waals surface area contributed by atoms with Crippen molar-refractivity contribution in [3.8, 4) is 0 Å². The summed E-state index contributed by atoms with van der Waals surface area (Å²) in [6.45, 7) is 0. The smallest absolute Gasteiger partial charge is 0.327 e. The second-order valence-corrected chi connectivity index (χ2v) is 3.08. The van der Waals surface area contributed by atoms with Gasteiger partial charge in [-0.25, -0.2) is 4.39 Å². The first-order valence-corrected chi connectivity index (χ1v) is 4.22. The summed E-state index contributed by atoms with van der Waals surface area (Å²) in [6.07, 6.45) is 0. The number of rotatable bonds is 2. The third-order valence-corrected chi connectivity index (χ3v) is 2.05. The molecule has 0 saturated carbocycles. The van der Waals surface area contributed by atoms with Crippen LogP contribution < -0.4 is 5.73 Å². The molecule has 3 nitrogen and oxygen atoms in total. The Morgan fingerprint density at radius 2 is 2.29 bits per heavy atom. The fraction of sp³-hybridized carbons (Fsp3) is 0.222. The van der Waals surface area contributed by atoms with E-state index in [9.17, 15) is 9.18 Å². The largest absolute Gasteiger partial charge is 0.468 e. The third-order valence-electron chi connectivity index (χ3n) is 1.76. The zero-order chi connectivity index (χ0) is 10.7. The Hall–Kier alpha value is -1.13. The normalized spacial score (nSPS) is 12.3. The van der Waals surface area contributed by atoms with Gasteiger partial charge in [0.15, 0.2) is 0 Å². The van der Waals surface area contributed by atoms with E-state index in [0.717, 1.165) is 6.07 Å². The highest BCUT2D eigenvalue weighted by atomic mass is 35.5. The van der Waals surface area contributed by atoms with Gasteiger partial charge in [0.1, 0.15) is 11.9 Å². The number of hydrogen-bond donors (Lipinski definition) is 1. The summed E-state index contributed by atoms with van der Waals surface area (Å²) < 4.78 is 17.2. The van der Waals surface area contributed by atoms with Crippen LogP contribution in [0.2, 0.25) is 5.02 Å². The van der Waals surface area contributed by atoms with Crippen LogP contribution in [-0.4, -0.2) is 13.1 Å². The minimum Gasteiger partial charge on any atom is -0.468 e. The van der Waals surface area contributed by atoms with Gasteiger partial charge in [0.05, 0.1) is 12.1 Å². The zero-order valence-corrected chi connectivity index (χ0v) is 8.22. The molecular weight excluding hydrogens is 209 g/mol. The number of esters is 1. The minimum atomic E-state index is -0.932. The van der Waals surface area contributed by atoms with E-state index in [1.54, 1.807) is 0 Å². The topological polar surface area (TPSA) is 52.3 Å². The molecule has 1 aromatic carbocycles. The number of ether oxygens (including phenoxy) is 1. The molecule has 1 unspecified atom stereocenters. The van der Waals surface area contributed by atoms with Crippen LogP contribution in [0.1, 0.15) is 11.6 Å². The first-order chi connectivity index (χ1) is 6.56. The molecule has 0 aromatic heterocycles. The van der Waals surface area contributed by atoms with Crippen LogP contribution >= 0.6 is 11.6 Å². The summed E-state index contributed by atoms with van der Waals surface area (Å²) in [5, 5.41) is -0.0677. The first-order valence-electron chi connectivity index (χ1n) is 3.84. The quantitative estimate of drug-likeness (QED) is 0.767. The van der Waals surface area contributed by atoms with Gasteiger partial charge in [-0.05, 0) is 17.7 Å². The maximum Gasteiger partial charge on any atom is 0.327 e. The second kappa shape index (κ2) is 4.39. The van der Waals surface area contributed by atoms with Crippen molar-refractivity contribution >= 4 is 17.6 Å². The van der Waals surface area contributed by atoms with Crippen molar-refractivity contribution in [1.82, 2.24) is 0 Å². The van der Waals surface area contributed by atoms with Crippen LogP contribution in [0.5, 0.6) is 0 Å². The molecule has 0 fully saturated rings. The molecule has 1 rings (SSSR count). The van der Waals surface area contributed by atoms with Gasteiger partial charge in [-0.2, -0.15) is 0 Å². The number of benzene rings is 1. The van der Waals surface area contributed by atoms with Gasteiger partial charge in [0.2, 0.25) is 0 Å². The van der Waals surface area contributed by atoms with Crippen LogP contribution in [0.15, 0.2) is 18.2 Å². The Morgan fingerprint density at radius 1 is 1.64 bits per heavy atom. The lowest BCUT2D eigenvalue weighted by Gasteiger charge is -2.09. The molecule has 0 aliphatic carbocycles. The molecule has 2 N–H and O–H groups in total. The summed E-state index contributed by atoms with van der Waals surface area (Å²) in [4.78, 5) is 11.0. The lowest BCUT2D eigenvalue weighted by atomic mass is 10.1. The average Bonchev–Trinajstić information content (AvgIpc) is 2.20. The van der Waals surface area contributed by atoms with Gasteiger partial charge >= 0.3 is 5.97 Å². The van der Waals surface area contributed by atoms with E-state index in [0.29, 0.717) is 5.56 Å². The summed E-state index contributed by atoms with van der Waals surface area (Å²) >= 11 is 5.52. The second-order valence-electron chi connectivity index (χ2n) is 2.67. The van der Waals surface area contributed by atoms with E-state index >= 15 is 0 Å². The molecule has 0 amide bonds. The standard InChI is InChI=1S/C9H9ClFNO2/c1-14-9(13)8(12)5-2-3-7(11)6(10)4-5/h2-4,8H,12H2,1H3. The zero-order valence-electron chi connectivity index (χ0n) is 7.46. The predicted molar refractivity (Wildman–Crippen MR) is 50.4 cm³/mol. The molecule has 0 aliphatic rings. The van der Waals surface area contributed by atoms with Gasteiger partial charge in [-0.3, -0.25) is 4.79 Å². The van der Waals surface area contributed by atoms with E-state index in [4.69, 9.17) is 17.3 Å². The van der Waals surface area contributed by atoms with Gasteiger partial charge < -0.3 is 10.5 Å². The summed E-state index contributed by atoms with van der Waals surface area (Å²) in [7, 11) is 1.23. The molecule has 1 atom stereocenters. The Balaban J connectivity index is 2.96. The molecule has 5 heteroatoms. The van der Waals surface area contributed by atoms with Crippen LogP contribution in [0.3, 0.4) is 0 Å². The highest BCUT2D eigenvalue weighted by Crippen LogP contribution is 2.20. The molecule has 0 bridgehead atoms. The molecule has 76 valence electrons. The molecular formula is C9H9ClFNO2. The molecule has 0 saturated heterocycles. The number of hydrogen-bond acceptors (Lipinski definition) is 3. The lowest BCUT2D eigenvalue weighted by molar-refractivity contribution is -0.142. The number of carbonyl (C=O) groups excluding carboxylic acids is 1. The Morgan fingerprint density at radius 3 is 2.79 bits per heavy atom. The third kappa shape index (κ3) is 2.21. The Bertz CT molecular complexity index is 357. The average molecular weight is 218 g/mol. The number of halogens is 2.